The summed E-state index contributed by atoms with van der Waals surface area (Å²) < 4.78 is 117. The van der Waals surface area contributed by atoms with Gasteiger partial charge in [-0.25, -0.2) is 43.8 Å². The fourth-order valence-electron chi connectivity index (χ4n) is 7.63. The van der Waals surface area contributed by atoms with Gasteiger partial charge in [-0.05, 0) is 146 Å². The molecule has 0 spiro atoms. The zero-order valence-electron chi connectivity index (χ0n) is 36.6. The minimum Gasteiger partial charge on any atom is -0.386 e. The quantitative estimate of drug-likeness (QED) is 0.0764. The number of amides is 2. The van der Waals surface area contributed by atoms with Crippen LogP contribution >= 0.6 is 0 Å². The summed E-state index contributed by atoms with van der Waals surface area (Å²) in [4.78, 5) is 25.7. The summed E-state index contributed by atoms with van der Waals surface area (Å²) in [5, 5.41) is 20.7. The van der Waals surface area contributed by atoms with Crippen LogP contribution in [0.2, 0.25) is 0 Å². The zero-order chi connectivity index (χ0) is 46.9. The van der Waals surface area contributed by atoms with Crippen molar-refractivity contribution in [2.45, 2.75) is 140 Å². The maximum absolute atomic E-state index is 15.3. The van der Waals surface area contributed by atoms with Crippen molar-refractivity contribution in [1.82, 2.24) is 9.44 Å². The lowest BCUT2D eigenvalue weighted by molar-refractivity contribution is -0.119. The number of rotatable bonds is 17. The first kappa shape index (κ1) is 50.0. The lowest BCUT2D eigenvalue weighted by Gasteiger charge is -2.25. The number of sulfonamides is 2. The SMILES string of the molecule is CC(C)c1cc(F)cc(C(C)CCC(C)c2cc(F)cc(C(C)C)c2CC(=O)NS(=O)(=O)c2cccc(C(C)(C)O)c2F)c1CC(=O)NS(=O)(=O)c1ccc(F)c(C(C)(C)O)c1. The molecule has 0 bridgehead atoms. The standard InChI is InChI=1S/C46H56F4N2O8S2/c1-25(2)32-18-29(47)20-34(36(32)23-42(53)51-61(57,58)31-16-17-40(49)39(22-31)46(9,10)56)27(5)14-15-28(6)35-21-30(48)19-33(26(3)4)37(35)24-43(54)52-62(59,60)41-13-11-12-38(44(41)50)45(7,8)55/h11-13,16-22,25-28,55-56H,14-15,23-24H2,1-10H3,(H,51,53)(H,52,54). The second kappa shape index (κ2) is 19.0. The van der Waals surface area contributed by atoms with Crippen LogP contribution in [0.3, 0.4) is 0 Å². The molecule has 16 heteroatoms. The lowest BCUT2D eigenvalue weighted by atomic mass is 9.81. The largest absolute Gasteiger partial charge is 0.386 e. The monoisotopic (exact) mass is 904 g/mol. The molecule has 0 aliphatic rings. The Balaban J connectivity index is 1.62. The minimum atomic E-state index is -4.75. The number of aliphatic hydroxyl groups is 2. The maximum atomic E-state index is 15.3. The van der Waals surface area contributed by atoms with Crippen LogP contribution in [0.1, 0.15) is 150 Å². The van der Waals surface area contributed by atoms with E-state index in [-0.39, 0.29) is 23.0 Å². The molecule has 0 saturated heterocycles. The normalized spacial score (nSPS) is 13.6. The van der Waals surface area contributed by atoms with E-state index in [1.54, 1.807) is 41.5 Å². The summed E-state index contributed by atoms with van der Waals surface area (Å²) in [7, 11) is -9.29. The molecular formula is C46H56F4N2O8S2. The van der Waals surface area contributed by atoms with Gasteiger partial charge in [0.2, 0.25) is 11.8 Å². The number of halogens is 4. The Morgan fingerprint density at radius 2 is 1.02 bits per heavy atom. The van der Waals surface area contributed by atoms with Crippen LogP contribution in [0.5, 0.6) is 0 Å². The molecule has 0 aromatic heterocycles. The van der Waals surface area contributed by atoms with Gasteiger partial charge in [0, 0.05) is 11.1 Å². The van der Waals surface area contributed by atoms with Crippen LogP contribution in [0.4, 0.5) is 17.6 Å². The van der Waals surface area contributed by atoms with Gasteiger partial charge < -0.3 is 10.2 Å². The highest BCUT2D eigenvalue weighted by atomic mass is 32.2. The predicted molar refractivity (Wildman–Crippen MR) is 228 cm³/mol. The van der Waals surface area contributed by atoms with Gasteiger partial charge >= 0.3 is 0 Å². The molecule has 4 N–H and O–H groups in total. The van der Waals surface area contributed by atoms with Crippen molar-refractivity contribution in [3.8, 4) is 0 Å². The van der Waals surface area contributed by atoms with Crippen molar-refractivity contribution in [1.29, 1.82) is 0 Å². The van der Waals surface area contributed by atoms with Crippen molar-refractivity contribution >= 4 is 31.9 Å². The average molecular weight is 905 g/mol. The Kier molecular flexibility index (Phi) is 15.3. The molecular weight excluding hydrogens is 849 g/mol. The van der Waals surface area contributed by atoms with E-state index >= 15 is 13.2 Å². The fraction of sp³-hybridized carbons (Fsp3) is 0.435. The fourth-order valence-corrected chi connectivity index (χ4v) is 9.72. The van der Waals surface area contributed by atoms with Gasteiger partial charge in [-0.2, -0.15) is 0 Å². The Hall–Kier alpha value is -4.64. The van der Waals surface area contributed by atoms with Gasteiger partial charge in [-0.1, -0.05) is 53.7 Å². The van der Waals surface area contributed by atoms with Gasteiger partial charge in [0.25, 0.3) is 20.0 Å². The molecule has 2 amide bonds. The molecule has 0 aliphatic heterocycles. The van der Waals surface area contributed by atoms with E-state index in [1.165, 1.54) is 64.1 Å². The van der Waals surface area contributed by atoms with Gasteiger partial charge in [0.15, 0.2) is 0 Å². The molecule has 4 aromatic carbocycles. The van der Waals surface area contributed by atoms with E-state index in [1.807, 2.05) is 9.44 Å². The number of carbonyl (C=O) groups excluding carboxylic acids is 2. The topological polar surface area (TPSA) is 167 Å². The van der Waals surface area contributed by atoms with E-state index in [9.17, 15) is 41.0 Å². The number of hydrogen-bond acceptors (Lipinski definition) is 8. The van der Waals surface area contributed by atoms with Crippen molar-refractivity contribution in [3.05, 3.63) is 128 Å². The summed E-state index contributed by atoms with van der Waals surface area (Å²) in [5.41, 5.74) is -1.45. The Bertz CT molecular complexity index is 2560. The molecule has 0 saturated carbocycles. The van der Waals surface area contributed by atoms with Crippen molar-refractivity contribution in [2.75, 3.05) is 0 Å². The van der Waals surface area contributed by atoms with E-state index in [0.29, 0.717) is 46.2 Å². The molecule has 0 fully saturated rings. The smallest absolute Gasteiger partial charge is 0.266 e. The van der Waals surface area contributed by atoms with E-state index < -0.39 is 101 Å². The summed E-state index contributed by atoms with van der Waals surface area (Å²) in [6, 6.07) is 11.3. The summed E-state index contributed by atoms with van der Waals surface area (Å²) >= 11 is 0. The van der Waals surface area contributed by atoms with Crippen LogP contribution in [0, 0.1) is 23.3 Å². The molecule has 338 valence electrons. The first-order valence-electron chi connectivity index (χ1n) is 20.2. The highest BCUT2D eigenvalue weighted by molar-refractivity contribution is 7.90. The van der Waals surface area contributed by atoms with E-state index in [0.717, 1.165) is 24.3 Å². The second-order valence-electron chi connectivity index (χ2n) is 17.6. The van der Waals surface area contributed by atoms with Gasteiger partial charge in [-0.15, -0.1) is 0 Å². The molecule has 0 radical (unpaired) electrons. The number of benzene rings is 4. The van der Waals surface area contributed by atoms with Crippen molar-refractivity contribution < 1.29 is 54.2 Å². The molecule has 62 heavy (non-hydrogen) atoms. The zero-order valence-corrected chi connectivity index (χ0v) is 38.2. The molecule has 0 aliphatic carbocycles. The molecule has 2 atom stereocenters. The molecule has 10 nitrogen and oxygen atoms in total. The van der Waals surface area contributed by atoms with Crippen LogP contribution in [0.15, 0.2) is 70.5 Å². The molecule has 4 rings (SSSR count). The van der Waals surface area contributed by atoms with Crippen LogP contribution < -0.4 is 9.44 Å². The summed E-state index contributed by atoms with van der Waals surface area (Å²) in [6.45, 7) is 15.9. The van der Waals surface area contributed by atoms with Gasteiger partial charge in [0.05, 0.1) is 28.9 Å². The van der Waals surface area contributed by atoms with Crippen molar-refractivity contribution in [2.24, 2.45) is 0 Å². The first-order chi connectivity index (χ1) is 28.4. The second-order valence-corrected chi connectivity index (χ2v) is 20.9. The number of hydrogen-bond donors (Lipinski definition) is 4. The number of nitrogens with one attached hydrogen (secondary N) is 2. The predicted octanol–water partition coefficient (Wildman–Crippen LogP) is 8.73. The molecule has 0 heterocycles. The highest BCUT2D eigenvalue weighted by Gasteiger charge is 2.31. The molecule has 4 aromatic rings. The third-order valence-electron chi connectivity index (χ3n) is 10.9. The average Bonchev–Trinajstić information content (AvgIpc) is 3.13. The molecule has 2 unspecified atom stereocenters. The lowest BCUT2D eigenvalue weighted by Crippen LogP contribution is -2.33. The van der Waals surface area contributed by atoms with Gasteiger partial charge in [0.1, 0.15) is 28.2 Å². The summed E-state index contributed by atoms with van der Waals surface area (Å²) in [6.07, 6.45) is -0.284. The third kappa shape index (κ3) is 11.9. The van der Waals surface area contributed by atoms with Crippen LogP contribution in [-0.2, 0) is 53.7 Å². The Morgan fingerprint density at radius 3 is 1.44 bits per heavy atom. The number of carbonyl (C=O) groups is 2. The first-order valence-corrected chi connectivity index (χ1v) is 23.2. The summed E-state index contributed by atoms with van der Waals surface area (Å²) in [5.74, 6) is -6.64. The highest BCUT2D eigenvalue weighted by Crippen LogP contribution is 2.37. The minimum absolute atomic E-state index is 0.287. The van der Waals surface area contributed by atoms with Gasteiger partial charge in [-0.3, -0.25) is 9.59 Å². The maximum Gasteiger partial charge on any atom is 0.266 e. The van der Waals surface area contributed by atoms with E-state index in [4.69, 9.17) is 0 Å². The Labute approximate surface area is 362 Å². The third-order valence-corrected chi connectivity index (χ3v) is 13.7. The van der Waals surface area contributed by atoms with Crippen molar-refractivity contribution in [3.63, 3.8) is 0 Å². The van der Waals surface area contributed by atoms with Crippen LogP contribution in [-0.4, -0.2) is 38.9 Å². The van der Waals surface area contributed by atoms with Crippen LogP contribution in [0.25, 0.3) is 0 Å². The Morgan fingerprint density at radius 1 is 0.597 bits per heavy atom. The van der Waals surface area contributed by atoms with E-state index in [2.05, 4.69) is 0 Å².